The van der Waals surface area contributed by atoms with Crippen molar-refractivity contribution in [2.45, 2.75) is 25.0 Å². The van der Waals surface area contributed by atoms with Crippen molar-refractivity contribution in [1.82, 2.24) is 10.2 Å². The fourth-order valence-corrected chi connectivity index (χ4v) is 2.08. The summed E-state index contributed by atoms with van der Waals surface area (Å²) in [7, 11) is 0. The molecule has 0 radical (unpaired) electrons. The van der Waals surface area contributed by atoms with Gasteiger partial charge in [0, 0.05) is 12.6 Å². The lowest BCUT2D eigenvalue weighted by atomic mass is 10.1. The number of carbonyl (C=O) groups is 1. The first-order valence-electron chi connectivity index (χ1n) is 5.19. The van der Waals surface area contributed by atoms with Gasteiger partial charge in [-0.05, 0) is 25.9 Å². The molecule has 80 valence electrons. The maximum Gasteiger partial charge on any atom is 0.410 e. The lowest BCUT2D eigenvalue weighted by Gasteiger charge is -2.29. The Balaban J connectivity index is 1.93. The average molecular weight is 199 g/mol. The molecule has 2 aliphatic rings. The normalized spacial score (nSPS) is 29.4. The molecular weight excluding hydrogens is 182 g/mol. The van der Waals surface area contributed by atoms with E-state index < -0.39 is 0 Å². The molecule has 0 saturated carbocycles. The monoisotopic (exact) mass is 199 g/mol. The van der Waals surface area contributed by atoms with E-state index in [9.17, 15) is 4.79 Å². The van der Waals surface area contributed by atoms with Crippen LogP contribution < -0.4 is 11.1 Å². The molecule has 14 heavy (non-hydrogen) atoms. The van der Waals surface area contributed by atoms with E-state index in [0.717, 1.165) is 25.9 Å². The van der Waals surface area contributed by atoms with Gasteiger partial charge in [0.1, 0.15) is 6.10 Å². The zero-order valence-corrected chi connectivity index (χ0v) is 8.24. The smallest absolute Gasteiger partial charge is 0.410 e. The van der Waals surface area contributed by atoms with Crippen molar-refractivity contribution in [3.8, 4) is 0 Å². The number of hydrogen-bond donors (Lipinski definition) is 2. The van der Waals surface area contributed by atoms with Gasteiger partial charge in [-0.1, -0.05) is 0 Å². The molecule has 2 fully saturated rings. The maximum absolute atomic E-state index is 11.5. The minimum Gasteiger partial charge on any atom is -0.443 e. The first-order chi connectivity index (χ1) is 6.81. The number of amides is 1. The summed E-state index contributed by atoms with van der Waals surface area (Å²) in [6, 6.07) is 0.347. The molecule has 2 aliphatic heterocycles. The van der Waals surface area contributed by atoms with E-state index in [0.29, 0.717) is 19.1 Å². The van der Waals surface area contributed by atoms with Crippen LogP contribution in [0.2, 0.25) is 0 Å². The minimum atomic E-state index is -0.188. The van der Waals surface area contributed by atoms with E-state index in [1.165, 1.54) is 0 Å². The van der Waals surface area contributed by atoms with Crippen LogP contribution in [0.25, 0.3) is 0 Å². The van der Waals surface area contributed by atoms with Crippen LogP contribution in [0.5, 0.6) is 0 Å². The number of hydrogen-bond acceptors (Lipinski definition) is 4. The average Bonchev–Trinajstić information content (AvgIpc) is 2.61. The summed E-state index contributed by atoms with van der Waals surface area (Å²) in [6.45, 7) is 3.07. The number of rotatable bonds is 2. The highest BCUT2D eigenvalue weighted by atomic mass is 16.6. The second kappa shape index (κ2) is 4.14. The minimum absolute atomic E-state index is 0.0996. The van der Waals surface area contributed by atoms with E-state index in [4.69, 9.17) is 10.5 Å². The molecule has 2 heterocycles. The van der Waals surface area contributed by atoms with Gasteiger partial charge in [0.15, 0.2) is 0 Å². The third kappa shape index (κ3) is 1.83. The molecule has 5 heteroatoms. The molecule has 0 spiro atoms. The lowest BCUT2D eigenvalue weighted by molar-refractivity contribution is 0.126. The molecule has 2 rings (SSSR count). The SMILES string of the molecule is NC[C@H]1CN(C2CCNCC2)C(=O)O1. The van der Waals surface area contributed by atoms with Crippen LogP contribution >= 0.6 is 0 Å². The molecule has 3 N–H and O–H groups in total. The molecule has 0 aromatic heterocycles. The Labute approximate surface area is 83.6 Å². The molecule has 1 amide bonds. The van der Waals surface area contributed by atoms with E-state index >= 15 is 0 Å². The van der Waals surface area contributed by atoms with Crippen molar-refractivity contribution in [2.24, 2.45) is 5.73 Å². The fourth-order valence-electron chi connectivity index (χ4n) is 2.08. The molecule has 0 unspecified atom stereocenters. The largest absolute Gasteiger partial charge is 0.443 e. The summed E-state index contributed by atoms with van der Waals surface area (Å²) in [5, 5.41) is 3.27. The second-order valence-electron chi connectivity index (χ2n) is 3.88. The van der Waals surface area contributed by atoms with Gasteiger partial charge in [0.2, 0.25) is 0 Å². The highest BCUT2D eigenvalue weighted by molar-refractivity contribution is 5.70. The Bertz CT molecular complexity index is 216. The number of nitrogens with zero attached hydrogens (tertiary/aromatic N) is 1. The Morgan fingerprint density at radius 2 is 2.21 bits per heavy atom. The van der Waals surface area contributed by atoms with Crippen molar-refractivity contribution in [3.05, 3.63) is 0 Å². The van der Waals surface area contributed by atoms with Gasteiger partial charge in [-0.15, -0.1) is 0 Å². The van der Waals surface area contributed by atoms with Gasteiger partial charge < -0.3 is 20.7 Å². The predicted molar refractivity (Wildman–Crippen MR) is 51.9 cm³/mol. The summed E-state index contributed by atoms with van der Waals surface area (Å²) in [6.07, 6.45) is 1.75. The van der Waals surface area contributed by atoms with E-state index in [-0.39, 0.29) is 12.2 Å². The highest BCUT2D eigenvalue weighted by Gasteiger charge is 2.35. The third-order valence-electron chi connectivity index (χ3n) is 2.91. The van der Waals surface area contributed by atoms with Crippen LogP contribution in [-0.2, 0) is 4.74 Å². The standard InChI is InChI=1S/C9H17N3O2/c10-5-8-6-12(9(13)14-8)7-1-3-11-4-2-7/h7-8,11H,1-6,10H2/t8-/m0/s1. The fraction of sp³-hybridized carbons (Fsp3) is 0.889. The summed E-state index contributed by atoms with van der Waals surface area (Å²) >= 11 is 0. The van der Waals surface area contributed by atoms with E-state index in [1.54, 1.807) is 0 Å². The molecule has 1 atom stereocenters. The van der Waals surface area contributed by atoms with Gasteiger partial charge in [0.05, 0.1) is 6.54 Å². The van der Waals surface area contributed by atoms with Crippen molar-refractivity contribution in [1.29, 1.82) is 0 Å². The van der Waals surface area contributed by atoms with Crippen molar-refractivity contribution in [3.63, 3.8) is 0 Å². The number of cyclic esters (lactones) is 1. The Morgan fingerprint density at radius 1 is 1.50 bits per heavy atom. The van der Waals surface area contributed by atoms with Crippen molar-refractivity contribution < 1.29 is 9.53 Å². The molecule has 5 nitrogen and oxygen atoms in total. The number of nitrogens with one attached hydrogen (secondary N) is 1. The van der Waals surface area contributed by atoms with E-state index in [2.05, 4.69) is 5.32 Å². The van der Waals surface area contributed by atoms with Crippen LogP contribution in [0, 0.1) is 0 Å². The first kappa shape index (κ1) is 9.73. The second-order valence-corrected chi connectivity index (χ2v) is 3.88. The zero-order valence-electron chi connectivity index (χ0n) is 8.24. The van der Waals surface area contributed by atoms with Gasteiger partial charge in [-0.3, -0.25) is 0 Å². The van der Waals surface area contributed by atoms with Gasteiger partial charge in [0.25, 0.3) is 0 Å². The lowest BCUT2D eigenvalue weighted by Crippen LogP contribution is -2.44. The molecular formula is C9H17N3O2. The maximum atomic E-state index is 11.5. The van der Waals surface area contributed by atoms with E-state index in [1.807, 2.05) is 4.90 Å². The number of nitrogens with two attached hydrogens (primary N) is 1. The van der Waals surface area contributed by atoms with Gasteiger partial charge in [-0.25, -0.2) is 4.79 Å². The topological polar surface area (TPSA) is 67.6 Å². The summed E-state index contributed by atoms with van der Waals surface area (Å²) in [5.74, 6) is 0. The van der Waals surface area contributed by atoms with Crippen molar-refractivity contribution >= 4 is 6.09 Å². The molecule has 0 bridgehead atoms. The zero-order chi connectivity index (χ0) is 9.97. The number of ether oxygens (including phenoxy) is 1. The van der Waals surface area contributed by atoms with Crippen molar-refractivity contribution in [2.75, 3.05) is 26.2 Å². The van der Waals surface area contributed by atoms with Crippen LogP contribution in [0.3, 0.4) is 0 Å². The number of piperidine rings is 1. The van der Waals surface area contributed by atoms with Gasteiger partial charge >= 0.3 is 6.09 Å². The highest BCUT2D eigenvalue weighted by Crippen LogP contribution is 2.19. The summed E-state index contributed by atoms with van der Waals surface area (Å²) in [4.78, 5) is 13.3. The van der Waals surface area contributed by atoms with Crippen LogP contribution in [-0.4, -0.2) is 49.3 Å². The molecule has 0 aromatic rings. The quantitative estimate of drug-likeness (QED) is 0.630. The first-order valence-corrected chi connectivity index (χ1v) is 5.19. The van der Waals surface area contributed by atoms with Crippen LogP contribution in [0.4, 0.5) is 4.79 Å². The summed E-state index contributed by atoms with van der Waals surface area (Å²) in [5.41, 5.74) is 5.47. The third-order valence-corrected chi connectivity index (χ3v) is 2.91. The summed E-state index contributed by atoms with van der Waals surface area (Å²) < 4.78 is 5.12. The Kier molecular flexibility index (Phi) is 2.88. The van der Waals surface area contributed by atoms with Crippen LogP contribution in [0.1, 0.15) is 12.8 Å². The Morgan fingerprint density at radius 3 is 2.79 bits per heavy atom. The molecule has 0 aliphatic carbocycles. The Hall–Kier alpha value is -0.810. The molecule has 2 saturated heterocycles. The van der Waals surface area contributed by atoms with Gasteiger partial charge in [-0.2, -0.15) is 0 Å². The molecule has 0 aromatic carbocycles. The van der Waals surface area contributed by atoms with Crippen LogP contribution in [0.15, 0.2) is 0 Å². The number of carbonyl (C=O) groups excluding carboxylic acids is 1. The predicted octanol–water partition coefficient (Wildman–Crippen LogP) is -0.482.